The number of rotatable bonds is 5. The lowest BCUT2D eigenvalue weighted by Gasteiger charge is -2.24. The summed E-state index contributed by atoms with van der Waals surface area (Å²) >= 11 is 0. The molecule has 1 aromatic rings. The fraction of sp³-hybridized carbons (Fsp3) is 0.500. The predicted octanol–water partition coefficient (Wildman–Crippen LogP) is -2.73. The zero-order valence-electron chi connectivity index (χ0n) is 11.2. The van der Waals surface area contributed by atoms with Gasteiger partial charge in [0.2, 0.25) is 0 Å². The first kappa shape index (κ1) is 17.2. The van der Waals surface area contributed by atoms with Crippen LogP contribution in [0.1, 0.15) is 11.7 Å². The standard InChI is InChI=1S/C12H23N4O.BrH/c1-16(2,3)7-8-17-10-6-4-5-9(11(10)13)12(14)15;/h4-6,12H,7-8,13-15H2,1-3H3;1H/q+1;/p-1. The van der Waals surface area contributed by atoms with Crippen molar-refractivity contribution in [3.8, 4) is 5.75 Å². The summed E-state index contributed by atoms with van der Waals surface area (Å²) < 4.78 is 6.50. The van der Waals surface area contributed by atoms with Gasteiger partial charge in [-0.3, -0.25) is 0 Å². The molecule has 0 saturated carbocycles. The SMILES string of the molecule is C[N+](C)(C)CCOc1cccc(C(N)N)c1N.[Br-]. The van der Waals surface area contributed by atoms with Gasteiger partial charge in [0.25, 0.3) is 0 Å². The number of ether oxygens (including phenoxy) is 1. The van der Waals surface area contributed by atoms with Crippen molar-refractivity contribution in [2.45, 2.75) is 6.17 Å². The second kappa shape index (κ2) is 6.94. The van der Waals surface area contributed by atoms with Crippen LogP contribution in [0.25, 0.3) is 0 Å². The minimum atomic E-state index is -0.572. The number of benzene rings is 1. The maximum Gasteiger partial charge on any atom is 0.142 e. The number of likely N-dealkylation sites (N-methyl/N-ethyl adjacent to an activating group) is 1. The molecule has 0 fully saturated rings. The Kier molecular flexibility index (Phi) is 6.62. The molecular weight excluding hydrogens is 296 g/mol. The van der Waals surface area contributed by atoms with Gasteiger partial charge >= 0.3 is 0 Å². The van der Waals surface area contributed by atoms with Crippen LogP contribution in [0.3, 0.4) is 0 Å². The van der Waals surface area contributed by atoms with Crippen molar-refractivity contribution in [2.24, 2.45) is 11.5 Å². The van der Waals surface area contributed by atoms with Crippen molar-refractivity contribution < 1.29 is 26.2 Å². The van der Waals surface area contributed by atoms with E-state index in [0.29, 0.717) is 23.6 Å². The fourth-order valence-corrected chi connectivity index (χ4v) is 1.41. The molecule has 104 valence electrons. The Labute approximate surface area is 119 Å². The van der Waals surface area contributed by atoms with Gasteiger partial charge in [0.05, 0.1) is 33.0 Å². The van der Waals surface area contributed by atoms with E-state index in [1.807, 2.05) is 18.2 Å². The Bertz CT molecular complexity index is 377. The molecule has 0 aliphatic heterocycles. The summed E-state index contributed by atoms with van der Waals surface area (Å²) in [6.45, 7) is 1.51. The number of anilines is 1. The molecule has 0 aromatic heterocycles. The lowest BCUT2D eigenvalue weighted by atomic mass is 10.1. The third kappa shape index (κ3) is 5.22. The molecule has 0 atom stereocenters. The lowest BCUT2D eigenvalue weighted by molar-refractivity contribution is -0.870. The van der Waals surface area contributed by atoms with E-state index in [-0.39, 0.29) is 17.0 Å². The van der Waals surface area contributed by atoms with Crippen molar-refractivity contribution in [3.05, 3.63) is 23.8 Å². The number of nitrogen functional groups attached to an aromatic ring is 1. The Morgan fingerprint density at radius 1 is 1.22 bits per heavy atom. The van der Waals surface area contributed by atoms with Crippen LogP contribution in [0, 0.1) is 0 Å². The maximum absolute atomic E-state index is 5.94. The molecule has 0 aliphatic carbocycles. The highest BCUT2D eigenvalue weighted by Gasteiger charge is 2.11. The van der Waals surface area contributed by atoms with E-state index in [4.69, 9.17) is 21.9 Å². The number of para-hydroxylation sites is 1. The topological polar surface area (TPSA) is 87.3 Å². The smallest absolute Gasteiger partial charge is 0.142 e. The van der Waals surface area contributed by atoms with Crippen molar-refractivity contribution in [1.29, 1.82) is 0 Å². The first-order valence-corrected chi connectivity index (χ1v) is 5.64. The highest BCUT2D eigenvalue weighted by molar-refractivity contribution is 5.59. The van der Waals surface area contributed by atoms with Gasteiger partial charge in [-0.15, -0.1) is 0 Å². The van der Waals surface area contributed by atoms with Gasteiger partial charge in [-0.05, 0) is 6.07 Å². The Morgan fingerprint density at radius 3 is 2.33 bits per heavy atom. The van der Waals surface area contributed by atoms with Crippen molar-refractivity contribution in [2.75, 3.05) is 40.0 Å². The zero-order valence-corrected chi connectivity index (χ0v) is 12.8. The van der Waals surface area contributed by atoms with E-state index < -0.39 is 6.17 Å². The van der Waals surface area contributed by atoms with Gasteiger partial charge in [-0.1, -0.05) is 12.1 Å². The van der Waals surface area contributed by atoms with Crippen LogP contribution in [0.15, 0.2) is 18.2 Å². The third-order valence-corrected chi connectivity index (χ3v) is 2.48. The zero-order chi connectivity index (χ0) is 13.1. The number of hydrogen-bond acceptors (Lipinski definition) is 4. The maximum atomic E-state index is 5.94. The molecule has 0 heterocycles. The molecule has 0 spiro atoms. The summed E-state index contributed by atoms with van der Waals surface area (Å²) in [5, 5.41) is 0. The highest BCUT2D eigenvalue weighted by atomic mass is 79.9. The van der Waals surface area contributed by atoms with Crippen LogP contribution in [0.4, 0.5) is 5.69 Å². The van der Waals surface area contributed by atoms with E-state index in [2.05, 4.69) is 21.1 Å². The number of nitrogens with two attached hydrogens (primary N) is 3. The summed E-state index contributed by atoms with van der Waals surface area (Å²) in [5.74, 6) is 0.650. The number of nitrogens with zero attached hydrogens (tertiary/aromatic N) is 1. The van der Waals surface area contributed by atoms with Crippen LogP contribution in [-0.2, 0) is 0 Å². The summed E-state index contributed by atoms with van der Waals surface area (Å²) in [5.41, 5.74) is 18.4. The second-order valence-corrected chi connectivity index (χ2v) is 5.15. The van der Waals surface area contributed by atoms with Crippen LogP contribution in [0.2, 0.25) is 0 Å². The molecule has 6 N–H and O–H groups in total. The van der Waals surface area contributed by atoms with E-state index in [0.717, 1.165) is 11.0 Å². The Balaban J connectivity index is 0.00000289. The highest BCUT2D eigenvalue weighted by Crippen LogP contribution is 2.27. The summed E-state index contributed by atoms with van der Waals surface area (Å²) in [7, 11) is 6.33. The van der Waals surface area contributed by atoms with Crippen molar-refractivity contribution >= 4 is 5.69 Å². The summed E-state index contributed by atoms with van der Waals surface area (Å²) in [6, 6.07) is 5.49. The third-order valence-electron chi connectivity index (χ3n) is 2.48. The normalized spacial score (nSPS) is 11.2. The molecule has 18 heavy (non-hydrogen) atoms. The summed E-state index contributed by atoms with van der Waals surface area (Å²) in [6.07, 6.45) is -0.572. The first-order chi connectivity index (χ1) is 7.81. The minimum absolute atomic E-state index is 0. The van der Waals surface area contributed by atoms with Crippen molar-refractivity contribution in [1.82, 2.24) is 0 Å². The summed E-state index contributed by atoms with van der Waals surface area (Å²) in [4.78, 5) is 0. The molecule has 1 rings (SSSR count). The Morgan fingerprint density at radius 2 is 1.83 bits per heavy atom. The second-order valence-electron chi connectivity index (χ2n) is 5.15. The fourth-order valence-electron chi connectivity index (χ4n) is 1.41. The van der Waals surface area contributed by atoms with Crippen LogP contribution < -0.4 is 38.9 Å². The minimum Gasteiger partial charge on any atom is -1.00 e. The molecule has 0 amide bonds. The van der Waals surface area contributed by atoms with E-state index in [9.17, 15) is 0 Å². The molecule has 0 saturated heterocycles. The molecule has 5 nitrogen and oxygen atoms in total. The molecular formula is C12H23BrN4O. The van der Waals surface area contributed by atoms with Gasteiger partial charge < -0.3 is 43.4 Å². The van der Waals surface area contributed by atoms with E-state index >= 15 is 0 Å². The molecule has 0 bridgehead atoms. The van der Waals surface area contributed by atoms with Gasteiger partial charge in [0.1, 0.15) is 18.9 Å². The number of quaternary nitrogens is 1. The quantitative estimate of drug-likeness (QED) is 0.313. The van der Waals surface area contributed by atoms with Gasteiger partial charge in [-0.2, -0.15) is 0 Å². The van der Waals surface area contributed by atoms with Gasteiger partial charge in [0.15, 0.2) is 0 Å². The lowest BCUT2D eigenvalue weighted by Crippen LogP contribution is -3.00. The van der Waals surface area contributed by atoms with Crippen LogP contribution >= 0.6 is 0 Å². The van der Waals surface area contributed by atoms with Crippen LogP contribution in [-0.4, -0.2) is 38.8 Å². The largest absolute Gasteiger partial charge is 1.00 e. The van der Waals surface area contributed by atoms with Crippen LogP contribution in [0.5, 0.6) is 5.75 Å². The van der Waals surface area contributed by atoms with E-state index in [1.54, 1.807) is 0 Å². The number of halogens is 1. The average molecular weight is 319 g/mol. The van der Waals surface area contributed by atoms with Gasteiger partial charge in [-0.25, -0.2) is 0 Å². The average Bonchev–Trinajstić information content (AvgIpc) is 2.18. The molecule has 0 radical (unpaired) electrons. The molecule has 6 heteroatoms. The first-order valence-electron chi connectivity index (χ1n) is 5.64. The van der Waals surface area contributed by atoms with E-state index in [1.165, 1.54) is 0 Å². The van der Waals surface area contributed by atoms with Crippen molar-refractivity contribution in [3.63, 3.8) is 0 Å². The molecule has 0 unspecified atom stereocenters. The Hall–Kier alpha value is -0.820. The monoisotopic (exact) mass is 318 g/mol. The molecule has 1 aromatic carbocycles. The number of hydrogen-bond donors (Lipinski definition) is 3. The predicted molar refractivity (Wildman–Crippen MR) is 70.4 cm³/mol. The molecule has 0 aliphatic rings. The van der Waals surface area contributed by atoms with Gasteiger partial charge in [0, 0.05) is 5.56 Å².